The fourth-order valence-corrected chi connectivity index (χ4v) is 4.86. The van der Waals surface area contributed by atoms with E-state index in [1.165, 1.54) is 6.42 Å². The normalized spacial score (nSPS) is 19.1. The first kappa shape index (κ1) is 28.0. The van der Waals surface area contributed by atoms with Gasteiger partial charge in [0.25, 0.3) is 0 Å². The number of aryl methyl sites for hydroxylation is 1. The first-order valence-electron chi connectivity index (χ1n) is 13.7. The molecule has 2 N–H and O–H groups in total. The van der Waals surface area contributed by atoms with E-state index in [1.807, 2.05) is 45.0 Å². The van der Waals surface area contributed by atoms with Crippen LogP contribution in [0.2, 0.25) is 0 Å². The Morgan fingerprint density at radius 3 is 2.17 bits per heavy atom. The molecule has 1 aromatic carbocycles. The second-order valence-electron chi connectivity index (χ2n) is 11.6. The average Bonchev–Trinajstić information content (AvgIpc) is 3.65. The maximum absolute atomic E-state index is 14.2. The summed E-state index contributed by atoms with van der Waals surface area (Å²) in [5, 5.41) is 6.10. The highest BCUT2D eigenvalue weighted by Crippen LogP contribution is 2.36. The maximum atomic E-state index is 14.2. The van der Waals surface area contributed by atoms with Crippen molar-refractivity contribution in [1.82, 2.24) is 15.5 Å². The molecule has 2 saturated carbocycles. The molecule has 0 spiro atoms. The molecule has 7 nitrogen and oxygen atoms in total. The Balaban J connectivity index is 1.93. The summed E-state index contributed by atoms with van der Waals surface area (Å²) in [6.45, 7) is 11.4. The summed E-state index contributed by atoms with van der Waals surface area (Å²) in [6.07, 6.45) is 7.16. The minimum Gasteiger partial charge on any atom is -0.444 e. The number of alkyl carbamates (subject to hydrolysis) is 1. The van der Waals surface area contributed by atoms with Gasteiger partial charge in [-0.05, 0) is 64.9 Å². The number of nitrogens with one attached hydrogen (secondary N) is 2. The second-order valence-corrected chi connectivity index (χ2v) is 11.6. The number of benzene rings is 1. The Kier molecular flexibility index (Phi) is 9.42. The van der Waals surface area contributed by atoms with E-state index in [4.69, 9.17) is 4.74 Å². The van der Waals surface area contributed by atoms with Gasteiger partial charge in [0.1, 0.15) is 17.7 Å². The van der Waals surface area contributed by atoms with E-state index < -0.39 is 23.8 Å². The van der Waals surface area contributed by atoms with Crippen molar-refractivity contribution in [3.05, 3.63) is 35.4 Å². The van der Waals surface area contributed by atoms with Crippen LogP contribution < -0.4 is 10.6 Å². The lowest BCUT2D eigenvalue weighted by molar-refractivity contribution is -0.144. The molecule has 0 aliphatic heterocycles. The highest BCUT2D eigenvalue weighted by Gasteiger charge is 2.45. The molecule has 2 aliphatic carbocycles. The van der Waals surface area contributed by atoms with Crippen LogP contribution >= 0.6 is 0 Å². The molecule has 0 aromatic heterocycles. The van der Waals surface area contributed by atoms with Gasteiger partial charge in [-0.1, -0.05) is 69.4 Å². The number of carbonyl (C=O) groups excluding carboxylic acids is 3. The minimum absolute atomic E-state index is 0.0205. The van der Waals surface area contributed by atoms with Crippen LogP contribution in [0.25, 0.3) is 0 Å². The van der Waals surface area contributed by atoms with Crippen LogP contribution in [0.1, 0.15) is 103 Å². The molecule has 1 aromatic rings. The van der Waals surface area contributed by atoms with Crippen LogP contribution in [-0.2, 0) is 14.3 Å². The Morgan fingerprint density at radius 1 is 1.03 bits per heavy atom. The molecule has 3 unspecified atom stereocenters. The molecular weight excluding hydrogens is 454 g/mol. The zero-order valence-electron chi connectivity index (χ0n) is 22.9. The fourth-order valence-electron chi connectivity index (χ4n) is 4.86. The molecule has 0 bridgehead atoms. The highest BCUT2D eigenvalue weighted by molar-refractivity contribution is 5.92. The van der Waals surface area contributed by atoms with Gasteiger partial charge in [-0.25, -0.2) is 4.79 Å². The molecule has 2 fully saturated rings. The minimum atomic E-state index is -0.777. The van der Waals surface area contributed by atoms with Crippen molar-refractivity contribution in [2.45, 2.75) is 123 Å². The number of ether oxygens (including phenoxy) is 1. The van der Waals surface area contributed by atoms with Crippen molar-refractivity contribution < 1.29 is 19.1 Å². The van der Waals surface area contributed by atoms with E-state index in [2.05, 4.69) is 10.6 Å². The Morgan fingerprint density at radius 2 is 1.64 bits per heavy atom. The van der Waals surface area contributed by atoms with Gasteiger partial charge in [0, 0.05) is 12.1 Å². The number of amides is 3. The van der Waals surface area contributed by atoms with Crippen molar-refractivity contribution >= 4 is 17.9 Å². The van der Waals surface area contributed by atoms with Crippen molar-refractivity contribution in [2.75, 3.05) is 0 Å². The Bertz CT molecular complexity index is 898. The van der Waals surface area contributed by atoms with Crippen LogP contribution in [0.5, 0.6) is 0 Å². The molecule has 0 saturated heterocycles. The summed E-state index contributed by atoms with van der Waals surface area (Å²) >= 11 is 0. The predicted octanol–water partition coefficient (Wildman–Crippen LogP) is 5.42. The van der Waals surface area contributed by atoms with Crippen LogP contribution in [-0.4, -0.2) is 46.5 Å². The van der Waals surface area contributed by atoms with Crippen molar-refractivity contribution in [1.29, 1.82) is 0 Å². The monoisotopic (exact) mass is 499 g/mol. The zero-order chi connectivity index (χ0) is 26.5. The maximum Gasteiger partial charge on any atom is 0.408 e. The third-order valence-corrected chi connectivity index (χ3v) is 7.22. The zero-order valence-corrected chi connectivity index (χ0v) is 22.9. The topological polar surface area (TPSA) is 87.7 Å². The molecule has 200 valence electrons. The van der Waals surface area contributed by atoms with Gasteiger partial charge in [-0.15, -0.1) is 0 Å². The predicted molar refractivity (Wildman–Crippen MR) is 141 cm³/mol. The summed E-state index contributed by atoms with van der Waals surface area (Å²) in [7, 11) is 0. The van der Waals surface area contributed by atoms with E-state index in [0.717, 1.165) is 49.7 Å². The number of carbonyl (C=O) groups is 3. The molecular formula is C29H45N3O4. The lowest BCUT2D eigenvalue weighted by atomic mass is 9.93. The fraction of sp³-hybridized carbons (Fsp3) is 0.690. The van der Waals surface area contributed by atoms with Crippen LogP contribution in [0.3, 0.4) is 0 Å². The molecule has 3 amide bonds. The van der Waals surface area contributed by atoms with Crippen LogP contribution in [0, 0.1) is 12.8 Å². The first-order valence-corrected chi connectivity index (χ1v) is 13.7. The van der Waals surface area contributed by atoms with Gasteiger partial charge >= 0.3 is 6.09 Å². The van der Waals surface area contributed by atoms with E-state index in [1.54, 1.807) is 25.7 Å². The molecule has 0 heterocycles. The molecule has 0 radical (unpaired) electrons. The van der Waals surface area contributed by atoms with E-state index >= 15 is 0 Å². The first-order chi connectivity index (χ1) is 17.0. The molecule has 3 rings (SSSR count). The van der Waals surface area contributed by atoms with Gasteiger partial charge in [-0.3, -0.25) is 9.59 Å². The lowest BCUT2D eigenvalue weighted by Crippen LogP contribution is -2.56. The summed E-state index contributed by atoms with van der Waals surface area (Å²) in [5.74, 6) is -0.473. The van der Waals surface area contributed by atoms with E-state index in [0.29, 0.717) is 6.42 Å². The molecule has 3 atom stereocenters. The quantitative estimate of drug-likeness (QED) is 0.475. The number of hydrogen-bond donors (Lipinski definition) is 2. The summed E-state index contributed by atoms with van der Waals surface area (Å²) < 4.78 is 5.48. The van der Waals surface area contributed by atoms with Gasteiger partial charge in [0.15, 0.2) is 0 Å². The van der Waals surface area contributed by atoms with Crippen molar-refractivity contribution in [3.63, 3.8) is 0 Å². The van der Waals surface area contributed by atoms with Crippen LogP contribution in [0.15, 0.2) is 24.3 Å². The average molecular weight is 500 g/mol. The molecule has 2 aliphatic rings. The largest absolute Gasteiger partial charge is 0.444 e. The third kappa shape index (κ3) is 7.71. The lowest BCUT2D eigenvalue weighted by Gasteiger charge is -2.37. The van der Waals surface area contributed by atoms with Gasteiger partial charge in [-0.2, -0.15) is 0 Å². The van der Waals surface area contributed by atoms with Gasteiger partial charge in [0.05, 0.1) is 0 Å². The Hall–Kier alpha value is -2.57. The smallest absolute Gasteiger partial charge is 0.408 e. The summed E-state index contributed by atoms with van der Waals surface area (Å²) in [5.41, 5.74) is 1.22. The Labute approximate surface area is 216 Å². The van der Waals surface area contributed by atoms with E-state index in [-0.39, 0.29) is 29.8 Å². The summed E-state index contributed by atoms with van der Waals surface area (Å²) in [4.78, 5) is 42.4. The van der Waals surface area contributed by atoms with E-state index in [9.17, 15) is 14.4 Å². The standard InChI is InChI=1S/C29H45N3O4/c1-7-20(3)24(31-28(35)36-29(4,5)6)27(34)32(23-17-18-23)25(21-15-13-19(2)14-16-21)26(33)30-22-11-9-8-10-12-22/h13-16,20,22-25H,7-12,17-18H2,1-6H3,(H,30,33)(H,31,35). The number of hydrogen-bond acceptors (Lipinski definition) is 4. The van der Waals surface area contributed by atoms with Crippen LogP contribution in [0.4, 0.5) is 4.79 Å². The van der Waals surface area contributed by atoms with Gasteiger partial charge in [0.2, 0.25) is 11.8 Å². The third-order valence-electron chi connectivity index (χ3n) is 7.22. The summed E-state index contributed by atoms with van der Waals surface area (Å²) in [6, 6.07) is 6.47. The number of nitrogens with zero attached hydrogens (tertiary/aromatic N) is 1. The SMILES string of the molecule is CCC(C)C(NC(=O)OC(C)(C)C)C(=O)N(C1CC1)C(C(=O)NC1CCCCC1)c1ccc(C)cc1. The molecule has 7 heteroatoms. The van der Waals surface area contributed by atoms with Gasteiger partial charge < -0.3 is 20.3 Å². The highest BCUT2D eigenvalue weighted by atomic mass is 16.6. The van der Waals surface area contributed by atoms with Crippen molar-refractivity contribution in [3.8, 4) is 0 Å². The molecule has 36 heavy (non-hydrogen) atoms. The van der Waals surface area contributed by atoms with Crippen molar-refractivity contribution in [2.24, 2.45) is 5.92 Å². The number of rotatable bonds is 9. The second kappa shape index (κ2) is 12.1.